The van der Waals surface area contributed by atoms with E-state index in [-0.39, 0.29) is 27.0 Å². The number of hydrogen-bond donors (Lipinski definition) is 2. The second-order valence-electron chi connectivity index (χ2n) is 6.13. The summed E-state index contributed by atoms with van der Waals surface area (Å²) in [5.41, 5.74) is 3.24. The quantitative estimate of drug-likeness (QED) is 0.250. The molecule has 0 saturated carbocycles. The number of para-hydroxylation sites is 1. The first kappa shape index (κ1) is 21.2. The molecule has 3 rings (SSSR count). The minimum absolute atomic E-state index is 0.0648. The van der Waals surface area contributed by atoms with Crippen molar-refractivity contribution < 1.29 is 17.9 Å². The van der Waals surface area contributed by atoms with Gasteiger partial charge in [0.1, 0.15) is 18.2 Å². The normalized spacial score (nSPS) is 11.4. The highest BCUT2D eigenvalue weighted by Crippen LogP contribution is 2.30. The standard InChI is InChI=1S/C19H16ClN5O4S/c1-24-11-5-4-6-15(24)13-21-22-18-10-9-14(25(26)27)12-19(18)30(28,29)23-17-8-3-2-7-16(17)20/h2-13,23H,1H3/p+1. The number of halogens is 1. The number of hydrazone groups is 1. The van der Waals surface area contributed by atoms with E-state index in [0.717, 1.165) is 11.8 Å². The molecule has 0 spiro atoms. The van der Waals surface area contributed by atoms with Gasteiger partial charge >= 0.3 is 0 Å². The van der Waals surface area contributed by atoms with Crippen LogP contribution in [0.5, 0.6) is 0 Å². The third-order valence-electron chi connectivity index (χ3n) is 4.06. The molecule has 0 unspecified atom stereocenters. The number of aromatic nitrogens is 1. The summed E-state index contributed by atoms with van der Waals surface area (Å²) < 4.78 is 30.1. The average Bonchev–Trinajstić information content (AvgIpc) is 2.71. The number of benzene rings is 2. The minimum Gasteiger partial charge on any atom is -0.278 e. The molecule has 3 aromatic rings. The molecule has 0 fully saturated rings. The van der Waals surface area contributed by atoms with Crippen molar-refractivity contribution in [3.8, 4) is 0 Å². The Hall–Kier alpha value is -3.50. The zero-order valence-electron chi connectivity index (χ0n) is 15.7. The third kappa shape index (κ3) is 4.91. The summed E-state index contributed by atoms with van der Waals surface area (Å²) in [5, 5.41) is 15.4. The third-order valence-corrected chi connectivity index (χ3v) is 5.80. The lowest BCUT2D eigenvalue weighted by molar-refractivity contribution is -0.672. The fourth-order valence-electron chi connectivity index (χ4n) is 2.52. The Morgan fingerprint density at radius 1 is 1.10 bits per heavy atom. The maximum atomic E-state index is 12.9. The molecule has 0 aliphatic rings. The zero-order valence-corrected chi connectivity index (χ0v) is 17.3. The summed E-state index contributed by atoms with van der Waals surface area (Å²) in [4.78, 5) is 10.1. The summed E-state index contributed by atoms with van der Waals surface area (Å²) in [6.07, 6.45) is 3.33. The number of nitro groups is 1. The van der Waals surface area contributed by atoms with Gasteiger partial charge in [-0.1, -0.05) is 23.7 Å². The van der Waals surface area contributed by atoms with Gasteiger partial charge in [0.25, 0.3) is 15.7 Å². The smallest absolute Gasteiger partial charge is 0.270 e. The number of sulfonamides is 1. The largest absolute Gasteiger partial charge is 0.278 e. The zero-order chi connectivity index (χ0) is 21.7. The van der Waals surface area contributed by atoms with E-state index in [0.29, 0.717) is 0 Å². The number of nitrogens with one attached hydrogen (secondary N) is 2. The number of anilines is 2. The van der Waals surface area contributed by atoms with Gasteiger partial charge in [-0.05, 0) is 24.3 Å². The molecule has 9 nitrogen and oxygen atoms in total. The van der Waals surface area contributed by atoms with E-state index in [1.54, 1.807) is 12.1 Å². The molecule has 0 radical (unpaired) electrons. The Bertz CT molecular complexity index is 1230. The molecule has 0 aliphatic carbocycles. The molecule has 1 aromatic heterocycles. The number of rotatable bonds is 7. The van der Waals surface area contributed by atoms with Gasteiger partial charge in [0.2, 0.25) is 5.69 Å². The fraction of sp³-hybridized carbons (Fsp3) is 0.0526. The van der Waals surface area contributed by atoms with Crippen molar-refractivity contribution in [3.63, 3.8) is 0 Å². The maximum Gasteiger partial charge on any atom is 0.270 e. The van der Waals surface area contributed by atoms with Crippen LogP contribution in [0.15, 0.2) is 76.9 Å². The molecule has 0 amide bonds. The summed E-state index contributed by atoms with van der Waals surface area (Å²) in [5.74, 6) is 0. The topological polar surface area (TPSA) is 118 Å². The van der Waals surface area contributed by atoms with Crippen LogP contribution in [0.3, 0.4) is 0 Å². The van der Waals surface area contributed by atoms with Gasteiger partial charge in [0.15, 0.2) is 6.20 Å². The van der Waals surface area contributed by atoms with Crippen LogP contribution >= 0.6 is 11.6 Å². The van der Waals surface area contributed by atoms with E-state index in [2.05, 4.69) is 15.2 Å². The average molecular weight is 447 g/mol. The highest BCUT2D eigenvalue weighted by Gasteiger charge is 2.23. The fourth-order valence-corrected chi connectivity index (χ4v) is 4.02. The first-order valence-electron chi connectivity index (χ1n) is 8.57. The van der Waals surface area contributed by atoms with E-state index in [1.165, 1.54) is 30.5 Å². The SMILES string of the molecule is C[n+]1ccccc1/C=N/Nc1ccc([N+](=O)[O-])cc1S(=O)(=O)Nc1ccccc1Cl. The Kier molecular flexibility index (Phi) is 6.28. The van der Waals surface area contributed by atoms with Crippen LogP contribution < -0.4 is 14.7 Å². The number of hydrogen-bond acceptors (Lipinski definition) is 6. The van der Waals surface area contributed by atoms with Gasteiger partial charge in [0.05, 0.1) is 21.3 Å². The Labute approximate surface area is 177 Å². The van der Waals surface area contributed by atoms with Gasteiger partial charge in [-0.25, -0.2) is 13.0 Å². The highest BCUT2D eigenvalue weighted by atomic mass is 35.5. The molecular formula is C19H17ClN5O4S+. The van der Waals surface area contributed by atoms with Crippen LogP contribution in [0, 0.1) is 10.1 Å². The molecule has 2 N–H and O–H groups in total. The summed E-state index contributed by atoms with van der Waals surface area (Å²) >= 11 is 6.03. The van der Waals surface area contributed by atoms with Crippen LogP contribution in [-0.2, 0) is 17.1 Å². The van der Waals surface area contributed by atoms with E-state index < -0.39 is 14.9 Å². The molecule has 154 valence electrons. The van der Waals surface area contributed by atoms with Crippen molar-refractivity contribution in [2.45, 2.75) is 4.90 Å². The van der Waals surface area contributed by atoms with E-state index in [1.807, 2.05) is 36.0 Å². The number of nitro benzene ring substituents is 1. The van der Waals surface area contributed by atoms with Crippen LogP contribution in [0.25, 0.3) is 0 Å². The number of non-ortho nitro benzene ring substituents is 1. The van der Waals surface area contributed by atoms with Crippen LogP contribution in [-0.4, -0.2) is 19.6 Å². The van der Waals surface area contributed by atoms with Crippen LogP contribution in [0.4, 0.5) is 17.1 Å². The highest BCUT2D eigenvalue weighted by molar-refractivity contribution is 7.93. The first-order valence-corrected chi connectivity index (χ1v) is 10.4. The summed E-state index contributed by atoms with van der Waals surface area (Å²) in [7, 11) is -2.38. The van der Waals surface area contributed by atoms with Gasteiger partial charge in [-0.15, -0.1) is 0 Å². The van der Waals surface area contributed by atoms with Crippen molar-refractivity contribution in [3.05, 3.63) is 87.7 Å². The molecule has 0 saturated heterocycles. The van der Waals surface area contributed by atoms with Gasteiger partial charge < -0.3 is 0 Å². The summed E-state index contributed by atoms with van der Waals surface area (Å²) in [6.45, 7) is 0. The molecule has 30 heavy (non-hydrogen) atoms. The van der Waals surface area contributed by atoms with Crippen molar-refractivity contribution in [2.75, 3.05) is 10.1 Å². The number of nitrogens with zero attached hydrogens (tertiary/aromatic N) is 3. The monoisotopic (exact) mass is 446 g/mol. The van der Waals surface area contributed by atoms with Gasteiger partial charge in [-0.3, -0.25) is 20.3 Å². The minimum atomic E-state index is -4.21. The number of pyridine rings is 1. The lowest BCUT2D eigenvalue weighted by Crippen LogP contribution is -2.32. The van der Waals surface area contributed by atoms with Gasteiger partial charge in [-0.2, -0.15) is 5.10 Å². The van der Waals surface area contributed by atoms with Crippen molar-refractivity contribution >= 4 is 44.9 Å². The Balaban J connectivity index is 1.97. The van der Waals surface area contributed by atoms with Crippen LogP contribution in [0.1, 0.15) is 5.69 Å². The molecule has 0 bridgehead atoms. The molecular weight excluding hydrogens is 430 g/mol. The van der Waals surface area contributed by atoms with Crippen molar-refractivity contribution in [2.24, 2.45) is 12.1 Å². The predicted molar refractivity (Wildman–Crippen MR) is 114 cm³/mol. The van der Waals surface area contributed by atoms with Crippen molar-refractivity contribution in [1.29, 1.82) is 0 Å². The first-order chi connectivity index (χ1) is 14.3. The van der Waals surface area contributed by atoms with Crippen molar-refractivity contribution in [1.82, 2.24) is 0 Å². The molecule has 0 aliphatic heterocycles. The Morgan fingerprint density at radius 2 is 1.83 bits per heavy atom. The second-order valence-corrected chi connectivity index (χ2v) is 8.19. The molecule has 2 aromatic carbocycles. The van der Waals surface area contributed by atoms with Crippen LogP contribution in [0.2, 0.25) is 5.02 Å². The predicted octanol–water partition coefficient (Wildman–Crippen LogP) is 3.32. The van der Waals surface area contributed by atoms with E-state index >= 15 is 0 Å². The molecule has 1 heterocycles. The maximum absolute atomic E-state index is 12.9. The van der Waals surface area contributed by atoms with E-state index in [9.17, 15) is 18.5 Å². The Morgan fingerprint density at radius 3 is 2.53 bits per heavy atom. The van der Waals surface area contributed by atoms with Gasteiger partial charge in [0, 0.05) is 24.3 Å². The number of aryl methyl sites for hydroxylation is 1. The summed E-state index contributed by atoms with van der Waals surface area (Å²) in [6, 6.07) is 15.2. The lowest BCUT2D eigenvalue weighted by Gasteiger charge is -2.12. The lowest BCUT2D eigenvalue weighted by atomic mass is 10.3. The van der Waals surface area contributed by atoms with E-state index in [4.69, 9.17) is 11.6 Å². The molecule has 0 atom stereocenters. The second kappa shape index (κ2) is 8.89. The molecule has 11 heteroatoms.